The van der Waals surface area contributed by atoms with Crippen molar-refractivity contribution in [2.45, 2.75) is 63.5 Å². The molecule has 1 aromatic carbocycles. The molecule has 1 amide bonds. The van der Waals surface area contributed by atoms with Crippen LogP contribution in [-0.2, 0) is 11.2 Å². The van der Waals surface area contributed by atoms with Gasteiger partial charge in [0.25, 0.3) is 0 Å². The van der Waals surface area contributed by atoms with E-state index in [9.17, 15) is 4.79 Å². The van der Waals surface area contributed by atoms with Crippen LogP contribution in [0.3, 0.4) is 0 Å². The number of carbonyl (C=O) groups is 1. The van der Waals surface area contributed by atoms with Crippen molar-refractivity contribution in [3.63, 3.8) is 0 Å². The van der Waals surface area contributed by atoms with Gasteiger partial charge in [0.2, 0.25) is 5.91 Å². The Kier molecular flexibility index (Phi) is 5.09. The lowest BCUT2D eigenvalue weighted by Gasteiger charge is -2.29. The molecule has 0 aromatic heterocycles. The molecule has 1 aromatic rings. The van der Waals surface area contributed by atoms with Crippen molar-refractivity contribution in [1.29, 1.82) is 0 Å². The molecule has 0 aliphatic heterocycles. The highest BCUT2D eigenvalue weighted by molar-refractivity contribution is 5.77. The fraction of sp³-hybridized carbons (Fsp3) is 0.632. The molecule has 2 fully saturated rings. The second kappa shape index (κ2) is 7.24. The number of amides is 1. The van der Waals surface area contributed by atoms with Gasteiger partial charge in [-0.15, -0.1) is 0 Å². The summed E-state index contributed by atoms with van der Waals surface area (Å²) in [5.41, 5.74) is 1.09. The fourth-order valence-electron chi connectivity index (χ4n) is 3.63. The Bertz CT molecular complexity index is 525. The highest BCUT2D eigenvalue weighted by Gasteiger charge is 2.37. The van der Waals surface area contributed by atoms with Crippen LogP contribution in [-0.4, -0.2) is 37.1 Å². The minimum atomic E-state index is 0.321. The fourth-order valence-corrected chi connectivity index (χ4v) is 3.63. The van der Waals surface area contributed by atoms with E-state index in [1.54, 1.807) is 14.2 Å². The van der Waals surface area contributed by atoms with E-state index in [2.05, 4.69) is 4.90 Å². The van der Waals surface area contributed by atoms with Gasteiger partial charge in [-0.05, 0) is 49.8 Å². The molecule has 23 heavy (non-hydrogen) atoms. The highest BCUT2D eigenvalue weighted by Crippen LogP contribution is 2.35. The van der Waals surface area contributed by atoms with E-state index in [0.29, 0.717) is 24.4 Å². The quantitative estimate of drug-likeness (QED) is 0.772. The average molecular weight is 317 g/mol. The van der Waals surface area contributed by atoms with Gasteiger partial charge in [0.15, 0.2) is 0 Å². The van der Waals surface area contributed by atoms with Gasteiger partial charge in [-0.2, -0.15) is 0 Å². The number of hydrogen-bond donors (Lipinski definition) is 0. The molecule has 3 rings (SSSR count). The molecule has 2 saturated carbocycles. The predicted molar refractivity (Wildman–Crippen MR) is 90.0 cm³/mol. The van der Waals surface area contributed by atoms with E-state index in [4.69, 9.17) is 9.47 Å². The van der Waals surface area contributed by atoms with Crippen LogP contribution in [0, 0.1) is 0 Å². The summed E-state index contributed by atoms with van der Waals surface area (Å²) in [6.07, 6.45) is 8.61. The third-order valence-corrected chi connectivity index (χ3v) is 4.99. The van der Waals surface area contributed by atoms with Crippen LogP contribution in [0.25, 0.3) is 0 Å². The third-order valence-electron chi connectivity index (χ3n) is 4.99. The molecule has 0 unspecified atom stereocenters. The minimum Gasteiger partial charge on any atom is -0.497 e. The molecular weight excluding hydrogens is 290 g/mol. The van der Waals surface area contributed by atoms with E-state index in [1.807, 2.05) is 18.2 Å². The van der Waals surface area contributed by atoms with Crippen molar-refractivity contribution in [3.05, 3.63) is 23.8 Å². The Labute approximate surface area is 138 Å². The standard InChI is InChI=1S/C19H27NO3/c1-22-17-11-14(12-18(13-17)23-2)7-10-19(21)20(16-8-9-16)15-5-3-4-6-15/h11-13,15-16H,3-10H2,1-2H3. The van der Waals surface area contributed by atoms with Crippen molar-refractivity contribution in [2.75, 3.05) is 14.2 Å². The number of rotatable bonds is 7. The van der Waals surface area contributed by atoms with Crippen LogP contribution in [0.2, 0.25) is 0 Å². The van der Waals surface area contributed by atoms with Crippen molar-refractivity contribution in [2.24, 2.45) is 0 Å². The number of ether oxygens (including phenoxy) is 2. The number of hydrogen-bond acceptors (Lipinski definition) is 3. The first-order valence-electron chi connectivity index (χ1n) is 8.74. The highest BCUT2D eigenvalue weighted by atomic mass is 16.5. The Balaban J connectivity index is 1.63. The zero-order valence-electron chi connectivity index (χ0n) is 14.2. The Hall–Kier alpha value is -1.71. The molecule has 126 valence electrons. The zero-order chi connectivity index (χ0) is 16.2. The van der Waals surface area contributed by atoms with Crippen LogP contribution in [0.15, 0.2) is 18.2 Å². The Morgan fingerprint density at radius 1 is 1.00 bits per heavy atom. The van der Waals surface area contributed by atoms with Gasteiger partial charge in [-0.3, -0.25) is 4.79 Å². The Morgan fingerprint density at radius 3 is 2.09 bits per heavy atom. The van der Waals surface area contributed by atoms with Crippen molar-refractivity contribution in [3.8, 4) is 11.5 Å². The summed E-state index contributed by atoms with van der Waals surface area (Å²) in [5, 5.41) is 0. The van der Waals surface area contributed by atoms with Gasteiger partial charge in [-0.25, -0.2) is 0 Å². The van der Waals surface area contributed by atoms with Crippen molar-refractivity contribution in [1.82, 2.24) is 4.90 Å². The second-order valence-electron chi connectivity index (χ2n) is 6.69. The number of aryl methyl sites for hydroxylation is 1. The maximum Gasteiger partial charge on any atom is 0.223 e. The van der Waals surface area contributed by atoms with Crippen molar-refractivity contribution < 1.29 is 14.3 Å². The van der Waals surface area contributed by atoms with Gasteiger partial charge in [-0.1, -0.05) is 12.8 Å². The van der Waals surface area contributed by atoms with Gasteiger partial charge in [0.1, 0.15) is 11.5 Å². The molecule has 0 saturated heterocycles. The zero-order valence-corrected chi connectivity index (χ0v) is 14.2. The normalized spacial score (nSPS) is 18.0. The maximum atomic E-state index is 12.8. The molecule has 0 bridgehead atoms. The third kappa shape index (κ3) is 3.98. The molecular formula is C19H27NO3. The molecule has 4 nitrogen and oxygen atoms in total. The summed E-state index contributed by atoms with van der Waals surface area (Å²) in [6.45, 7) is 0. The van der Waals surface area contributed by atoms with Crippen molar-refractivity contribution >= 4 is 5.91 Å². The first-order valence-corrected chi connectivity index (χ1v) is 8.74. The number of benzene rings is 1. The molecule has 0 atom stereocenters. The molecule has 2 aliphatic rings. The summed E-state index contributed by atoms with van der Waals surface area (Å²) in [6, 6.07) is 6.86. The lowest BCUT2D eigenvalue weighted by atomic mass is 10.1. The number of methoxy groups -OCH3 is 2. The molecule has 0 radical (unpaired) electrons. The molecule has 0 N–H and O–H groups in total. The molecule has 4 heteroatoms. The van der Waals surface area contributed by atoms with Crippen LogP contribution in [0.4, 0.5) is 0 Å². The first-order chi connectivity index (χ1) is 11.2. The van der Waals surface area contributed by atoms with E-state index in [1.165, 1.54) is 38.5 Å². The van der Waals surface area contributed by atoms with Crippen LogP contribution in [0.1, 0.15) is 50.5 Å². The number of nitrogens with zero attached hydrogens (tertiary/aromatic N) is 1. The predicted octanol–water partition coefficient (Wildman–Crippen LogP) is 3.57. The largest absolute Gasteiger partial charge is 0.497 e. The lowest BCUT2D eigenvalue weighted by Crippen LogP contribution is -2.40. The summed E-state index contributed by atoms with van der Waals surface area (Å²) < 4.78 is 10.6. The summed E-state index contributed by atoms with van der Waals surface area (Å²) in [7, 11) is 3.30. The molecule has 0 spiro atoms. The maximum absolute atomic E-state index is 12.8. The molecule has 0 heterocycles. The van der Waals surface area contributed by atoms with E-state index >= 15 is 0 Å². The lowest BCUT2D eigenvalue weighted by molar-refractivity contribution is -0.134. The second-order valence-corrected chi connectivity index (χ2v) is 6.69. The van der Waals surface area contributed by atoms with Crippen LogP contribution >= 0.6 is 0 Å². The van der Waals surface area contributed by atoms with Gasteiger partial charge >= 0.3 is 0 Å². The van der Waals surface area contributed by atoms with Gasteiger partial charge < -0.3 is 14.4 Å². The van der Waals surface area contributed by atoms with E-state index < -0.39 is 0 Å². The SMILES string of the molecule is COc1cc(CCC(=O)N(C2CCCC2)C2CC2)cc(OC)c1. The van der Waals surface area contributed by atoms with Gasteiger partial charge in [0, 0.05) is 24.6 Å². The van der Waals surface area contributed by atoms with E-state index in [0.717, 1.165) is 23.5 Å². The average Bonchev–Trinajstić information content (AvgIpc) is 3.26. The smallest absolute Gasteiger partial charge is 0.223 e. The summed E-state index contributed by atoms with van der Waals surface area (Å²) >= 11 is 0. The summed E-state index contributed by atoms with van der Waals surface area (Å²) in [4.78, 5) is 15.0. The number of carbonyl (C=O) groups excluding carboxylic acids is 1. The molecule has 2 aliphatic carbocycles. The Morgan fingerprint density at radius 2 is 1.57 bits per heavy atom. The topological polar surface area (TPSA) is 38.8 Å². The van der Waals surface area contributed by atoms with Crippen LogP contribution < -0.4 is 9.47 Å². The monoisotopic (exact) mass is 317 g/mol. The first kappa shape index (κ1) is 16.2. The van der Waals surface area contributed by atoms with Crippen LogP contribution in [0.5, 0.6) is 11.5 Å². The summed E-state index contributed by atoms with van der Waals surface area (Å²) in [5.74, 6) is 1.88. The van der Waals surface area contributed by atoms with Gasteiger partial charge in [0.05, 0.1) is 14.2 Å². The minimum absolute atomic E-state index is 0.321. The van der Waals surface area contributed by atoms with E-state index in [-0.39, 0.29) is 0 Å².